The molecule has 0 amide bonds. The summed E-state index contributed by atoms with van der Waals surface area (Å²) in [6, 6.07) is 0. The highest BCUT2D eigenvalue weighted by atomic mass is 35.5. The molecule has 0 saturated carbocycles. The van der Waals surface area contributed by atoms with E-state index in [1.165, 1.54) is 0 Å². The minimum atomic E-state index is -0.840. The summed E-state index contributed by atoms with van der Waals surface area (Å²) in [7, 11) is 0. The van der Waals surface area contributed by atoms with E-state index in [0.29, 0.717) is 3.85 Å². The monoisotopic (exact) mass is 165 g/mol. The first-order valence-corrected chi connectivity index (χ1v) is 2.58. The fraction of sp³-hybridized carbons (Fsp3) is 0. The zero-order valence-corrected chi connectivity index (χ0v) is 5.56. The van der Waals surface area contributed by atoms with Gasteiger partial charge < -0.3 is 0 Å². The van der Waals surface area contributed by atoms with Crippen LogP contribution >= 0.6 is 46.5 Å². The molecule has 0 rings (SSSR count). The molecule has 0 bridgehead atoms. The second-order valence-electron chi connectivity index (χ2n) is 0.537. The largest absolute Gasteiger partial charge is 0.465 e. The maximum Gasteiger partial charge on any atom is 0.465 e. The van der Waals surface area contributed by atoms with Crippen molar-refractivity contribution in [1.82, 2.24) is 3.85 Å². The molecule has 0 unspecified atom stereocenters. The molecule has 0 heterocycles. The summed E-state index contributed by atoms with van der Waals surface area (Å²) >= 11 is 20.0. The van der Waals surface area contributed by atoms with E-state index in [0.717, 1.165) is 0 Å². The van der Waals surface area contributed by atoms with Crippen LogP contribution in [0.15, 0.2) is 0 Å². The van der Waals surface area contributed by atoms with Gasteiger partial charge in [0.15, 0.2) is 0 Å². The molecule has 0 aromatic rings. The van der Waals surface area contributed by atoms with Gasteiger partial charge in [-0.05, 0) is 23.6 Å². The predicted octanol–water partition coefficient (Wildman–Crippen LogP) is 2.06. The van der Waals surface area contributed by atoms with Gasteiger partial charge in [-0.3, -0.25) is 0 Å². The van der Waals surface area contributed by atoms with Crippen LogP contribution in [0.4, 0.5) is 0 Å². The molecule has 6 heteroatoms. The van der Waals surface area contributed by atoms with Crippen LogP contribution in [0, 0.1) is 0 Å². The van der Waals surface area contributed by atoms with Crippen molar-refractivity contribution in [3.8, 4) is 0 Å². The molecule has 0 N–H and O–H groups in total. The predicted molar refractivity (Wildman–Crippen MR) is 31.0 cm³/mol. The quantitative estimate of drug-likeness (QED) is 0.426. The van der Waals surface area contributed by atoms with Crippen LogP contribution in [-0.4, -0.2) is 9.53 Å². The van der Waals surface area contributed by atoms with Crippen molar-refractivity contribution in [1.29, 1.82) is 0 Å². The van der Waals surface area contributed by atoms with E-state index in [1.54, 1.807) is 0 Å². The van der Waals surface area contributed by atoms with Crippen LogP contribution in [0.25, 0.3) is 0 Å². The molecule has 0 aromatic heterocycles. The summed E-state index contributed by atoms with van der Waals surface area (Å²) in [5.74, 6) is 0. The Morgan fingerprint density at radius 3 is 1.33 bits per heavy atom. The fourth-order valence-electron chi connectivity index (χ4n) is 0. The maximum absolute atomic E-state index is 5.04. The zero-order chi connectivity index (χ0) is 5.15. The Morgan fingerprint density at radius 2 is 1.33 bits per heavy atom. The lowest BCUT2D eigenvalue weighted by Crippen LogP contribution is -2.07. The lowest BCUT2D eigenvalue weighted by molar-refractivity contribution is 1.17. The molecule has 0 aliphatic carbocycles. The van der Waals surface area contributed by atoms with E-state index in [1.807, 2.05) is 0 Å². The van der Waals surface area contributed by atoms with Gasteiger partial charge in [-0.25, -0.2) is 0 Å². The summed E-state index contributed by atoms with van der Waals surface area (Å²) in [6.07, 6.45) is 0. The first kappa shape index (κ1) is 7.18. The molecular formula is BCl4N. The van der Waals surface area contributed by atoms with E-state index < -0.39 is 5.68 Å². The Kier molecular flexibility index (Phi) is 3.86. The minimum absolute atomic E-state index is 0.642. The second-order valence-corrected chi connectivity index (χ2v) is 2.49. The van der Waals surface area contributed by atoms with Gasteiger partial charge in [0, 0.05) is 0 Å². The molecule has 0 aliphatic rings. The van der Waals surface area contributed by atoms with Crippen LogP contribution in [-0.2, 0) is 0 Å². The Labute approximate surface area is 56.2 Å². The highest BCUT2D eigenvalue weighted by Gasteiger charge is 2.11. The molecule has 0 aliphatic heterocycles. The first-order valence-electron chi connectivity index (χ1n) is 1.03. The van der Waals surface area contributed by atoms with Crippen molar-refractivity contribution >= 4 is 52.2 Å². The van der Waals surface area contributed by atoms with Crippen molar-refractivity contribution in [2.24, 2.45) is 0 Å². The Bertz CT molecular complexity index is 28.5. The van der Waals surface area contributed by atoms with Crippen LogP contribution in [0.2, 0.25) is 0 Å². The van der Waals surface area contributed by atoms with E-state index in [4.69, 9.17) is 46.5 Å². The van der Waals surface area contributed by atoms with Gasteiger partial charge in [0.2, 0.25) is 0 Å². The standard InChI is InChI=1S/BCl4N/c2-1(3)6(4)5. The number of hydrogen-bond donors (Lipinski definition) is 0. The van der Waals surface area contributed by atoms with Gasteiger partial charge >= 0.3 is 5.68 Å². The van der Waals surface area contributed by atoms with Gasteiger partial charge in [-0.15, -0.1) is 26.8 Å². The maximum atomic E-state index is 5.04. The fourth-order valence-corrected chi connectivity index (χ4v) is 0. The molecule has 1 nitrogen and oxygen atoms in total. The van der Waals surface area contributed by atoms with Crippen molar-refractivity contribution in [2.75, 3.05) is 0 Å². The molecule has 0 atom stereocenters. The molecule has 0 aromatic carbocycles. The van der Waals surface area contributed by atoms with Gasteiger partial charge in [0.1, 0.15) is 0 Å². The van der Waals surface area contributed by atoms with Gasteiger partial charge in [0.05, 0.1) is 0 Å². The SMILES string of the molecule is ClB(Cl)N(Cl)Cl. The molecular weight excluding hydrogens is 167 g/mol. The van der Waals surface area contributed by atoms with Gasteiger partial charge in [0.25, 0.3) is 0 Å². The highest BCUT2D eigenvalue weighted by Crippen LogP contribution is 2.09. The average Bonchev–Trinajstić information content (AvgIpc) is 1.36. The summed E-state index contributed by atoms with van der Waals surface area (Å²) in [6.45, 7) is 0. The summed E-state index contributed by atoms with van der Waals surface area (Å²) in [4.78, 5) is 0. The number of halogens is 4. The topological polar surface area (TPSA) is 3.24 Å². The zero-order valence-electron chi connectivity index (χ0n) is 2.54. The molecule has 0 spiro atoms. The summed E-state index contributed by atoms with van der Waals surface area (Å²) in [5.41, 5.74) is -0.840. The van der Waals surface area contributed by atoms with E-state index in [9.17, 15) is 0 Å². The Balaban J connectivity index is 2.99. The lowest BCUT2D eigenvalue weighted by Gasteiger charge is -1.94. The third kappa shape index (κ3) is 3.38. The van der Waals surface area contributed by atoms with Crippen molar-refractivity contribution < 1.29 is 0 Å². The average molecular weight is 167 g/mol. The van der Waals surface area contributed by atoms with Gasteiger partial charge in [-0.2, -0.15) is 0 Å². The van der Waals surface area contributed by atoms with E-state index >= 15 is 0 Å². The number of hydrogen-bond acceptors (Lipinski definition) is 1. The van der Waals surface area contributed by atoms with Crippen molar-refractivity contribution in [3.63, 3.8) is 0 Å². The first-order chi connectivity index (χ1) is 2.64. The van der Waals surface area contributed by atoms with Crippen molar-refractivity contribution in [2.45, 2.75) is 0 Å². The third-order valence-electron chi connectivity index (χ3n) is 0.148. The Hall–Kier alpha value is 1.18. The third-order valence-corrected chi connectivity index (χ3v) is 1.33. The molecule has 0 saturated heterocycles. The smallest absolute Gasteiger partial charge is 0.147 e. The molecule has 36 valence electrons. The molecule has 0 fully saturated rings. The highest BCUT2D eigenvalue weighted by molar-refractivity contribution is 7.34. The summed E-state index contributed by atoms with van der Waals surface area (Å²) in [5, 5.41) is 0. The van der Waals surface area contributed by atoms with E-state index in [2.05, 4.69) is 0 Å². The second kappa shape index (κ2) is 3.22. The minimum Gasteiger partial charge on any atom is -0.147 e. The summed E-state index contributed by atoms with van der Waals surface area (Å²) < 4.78 is 0.642. The normalized spacial score (nSPS) is 9.50. The van der Waals surface area contributed by atoms with Crippen LogP contribution in [0.3, 0.4) is 0 Å². The molecule has 0 radical (unpaired) electrons. The number of nitrogens with zero attached hydrogens (tertiary/aromatic N) is 1. The van der Waals surface area contributed by atoms with Crippen LogP contribution in [0.1, 0.15) is 0 Å². The van der Waals surface area contributed by atoms with Crippen molar-refractivity contribution in [3.05, 3.63) is 0 Å². The Morgan fingerprint density at radius 1 is 1.17 bits per heavy atom. The van der Waals surface area contributed by atoms with Crippen LogP contribution < -0.4 is 0 Å². The lowest BCUT2D eigenvalue weighted by atomic mass is 10.4. The number of rotatable bonds is 1. The molecule has 6 heavy (non-hydrogen) atoms. The van der Waals surface area contributed by atoms with Crippen LogP contribution in [0.5, 0.6) is 0 Å². The van der Waals surface area contributed by atoms with Gasteiger partial charge in [-0.1, -0.05) is 0 Å². The van der Waals surface area contributed by atoms with E-state index in [-0.39, 0.29) is 0 Å².